The van der Waals surface area contributed by atoms with Crippen molar-refractivity contribution in [2.75, 3.05) is 19.6 Å². The predicted octanol–water partition coefficient (Wildman–Crippen LogP) is 1.28. The fourth-order valence-corrected chi connectivity index (χ4v) is 3.29. The van der Waals surface area contributed by atoms with Crippen molar-refractivity contribution in [3.63, 3.8) is 0 Å². The molecule has 120 valence electrons. The summed E-state index contributed by atoms with van der Waals surface area (Å²) in [5.41, 5.74) is 0. The SMILES string of the molecule is CCCC(=O)NC1CCN(C(=O)C2CC(C)CCN2)CC1. The van der Waals surface area contributed by atoms with Gasteiger partial charge in [-0.2, -0.15) is 0 Å². The van der Waals surface area contributed by atoms with Crippen molar-refractivity contribution in [1.82, 2.24) is 15.5 Å². The summed E-state index contributed by atoms with van der Waals surface area (Å²) < 4.78 is 0. The molecular weight excluding hydrogens is 266 g/mol. The molecule has 21 heavy (non-hydrogen) atoms. The maximum Gasteiger partial charge on any atom is 0.239 e. The van der Waals surface area contributed by atoms with E-state index in [0.29, 0.717) is 12.3 Å². The maximum atomic E-state index is 12.5. The molecule has 0 saturated carbocycles. The van der Waals surface area contributed by atoms with Crippen molar-refractivity contribution in [2.45, 2.75) is 64.5 Å². The Balaban J connectivity index is 1.75. The zero-order chi connectivity index (χ0) is 15.2. The van der Waals surface area contributed by atoms with Gasteiger partial charge in [0, 0.05) is 25.6 Å². The first kappa shape index (κ1) is 16.3. The van der Waals surface area contributed by atoms with Crippen LogP contribution in [0.3, 0.4) is 0 Å². The van der Waals surface area contributed by atoms with Gasteiger partial charge < -0.3 is 15.5 Å². The van der Waals surface area contributed by atoms with Gasteiger partial charge in [-0.05, 0) is 44.6 Å². The second-order valence-electron chi connectivity index (χ2n) is 6.55. The molecule has 2 unspecified atom stereocenters. The molecule has 2 heterocycles. The Morgan fingerprint density at radius 2 is 1.95 bits per heavy atom. The molecule has 2 aliphatic rings. The topological polar surface area (TPSA) is 61.4 Å². The Hall–Kier alpha value is -1.10. The molecule has 0 aromatic rings. The van der Waals surface area contributed by atoms with Crippen LogP contribution in [0.1, 0.15) is 52.4 Å². The highest BCUT2D eigenvalue weighted by molar-refractivity contribution is 5.82. The molecule has 0 aromatic heterocycles. The van der Waals surface area contributed by atoms with E-state index in [1.807, 2.05) is 11.8 Å². The molecule has 2 atom stereocenters. The third kappa shape index (κ3) is 4.70. The van der Waals surface area contributed by atoms with Crippen molar-refractivity contribution in [2.24, 2.45) is 5.92 Å². The lowest BCUT2D eigenvalue weighted by Gasteiger charge is -2.36. The Labute approximate surface area is 127 Å². The van der Waals surface area contributed by atoms with Crippen LogP contribution in [-0.2, 0) is 9.59 Å². The first-order valence-corrected chi connectivity index (χ1v) is 8.41. The molecule has 2 N–H and O–H groups in total. The van der Waals surface area contributed by atoms with Crippen molar-refractivity contribution < 1.29 is 9.59 Å². The van der Waals surface area contributed by atoms with Crippen molar-refractivity contribution in [1.29, 1.82) is 0 Å². The Morgan fingerprint density at radius 1 is 1.24 bits per heavy atom. The minimum atomic E-state index is -0.0000162. The van der Waals surface area contributed by atoms with Gasteiger partial charge in [-0.25, -0.2) is 0 Å². The monoisotopic (exact) mass is 295 g/mol. The number of amides is 2. The van der Waals surface area contributed by atoms with Gasteiger partial charge in [0.15, 0.2) is 0 Å². The molecule has 0 radical (unpaired) electrons. The van der Waals surface area contributed by atoms with Crippen LogP contribution in [0.15, 0.2) is 0 Å². The van der Waals surface area contributed by atoms with Crippen LogP contribution in [0.2, 0.25) is 0 Å². The molecule has 2 fully saturated rings. The predicted molar refractivity (Wildman–Crippen MR) is 82.8 cm³/mol. The standard InChI is InChI=1S/C16H29N3O2/c1-3-4-15(20)18-13-6-9-19(10-7-13)16(21)14-11-12(2)5-8-17-14/h12-14,17H,3-11H2,1-2H3,(H,18,20). The molecule has 2 rings (SSSR count). The molecule has 5 heteroatoms. The summed E-state index contributed by atoms with van der Waals surface area (Å²) in [6, 6.07) is 0.242. The van der Waals surface area contributed by atoms with Crippen molar-refractivity contribution in [3.8, 4) is 0 Å². The summed E-state index contributed by atoms with van der Waals surface area (Å²) in [5.74, 6) is 1.02. The van der Waals surface area contributed by atoms with Gasteiger partial charge in [0.2, 0.25) is 11.8 Å². The smallest absolute Gasteiger partial charge is 0.239 e. The summed E-state index contributed by atoms with van der Waals surface area (Å²) in [5, 5.41) is 6.42. The first-order valence-electron chi connectivity index (χ1n) is 8.41. The molecule has 0 bridgehead atoms. The van der Waals surface area contributed by atoms with E-state index < -0.39 is 0 Å². The number of nitrogens with one attached hydrogen (secondary N) is 2. The van der Waals surface area contributed by atoms with Crippen LogP contribution in [-0.4, -0.2) is 48.4 Å². The number of piperidine rings is 2. The van der Waals surface area contributed by atoms with Gasteiger partial charge in [0.1, 0.15) is 0 Å². The second kappa shape index (κ2) is 7.78. The summed E-state index contributed by atoms with van der Waals surface area (Å²) in [6.07, 6.45) is 5.35. The van der Waals surface area contributed by atoms with E-state index in [0.717, 1.165) is 51.7 Å². The number of carbonyl (C=O) groups excluding carboxylic acids is 2. The fraction of sp³-hybridized carbons (Fsp3) is 0.875. The molecule has 2 aliphatic heterocycles. The second-order valence-corrected chi connectivity index (χ2v) is 6.55. The van der Waals surface area contributed by atoms with Crippen LogP contribution in [0.5, 0.6) is 0 Å². The van der Waals surface area contributed by atoms with E-state index in [4.69, 9.17) is 0 Å². The van der Waals surface area contributed by atoms with Gasteiger partial charge in [0.05, 0.1) is 6.04 Å². The van der Waals surface area contributed by atoms with Crippen LogP contribution in [0.25, 0.3) is 0 Å². The number of carbonyl (C=O) groups is 2. The van der Waals surface area contributed by atoms with Gasteiger partial charge in [0.25, 0.3) is 0 Å². The minimum Gasteiger partial charge on any atom is -0.353 e. The average molecular weight is 295 g/mol. The lowest BCUT2D eigenvalue weighted by atomic mass is 9.93. The third-order valence-electron chi connectivity index (χ3n) is 4.61. The van der Waals surface area contributed by atoms with E-state index in [9.17, 15) is 9.59 Å². The van der Waals surface area contributed by atoms with Crippen LogP contribution >= 0.6 is 0 Å². The molecule has 0 spiro atoms. The van der Waals surface area contributed by atoms with Crippen LogP contribution in [0, 0.1) is 5.92 Å². The van der Waals surface area contributed by atoms with Gasteiger partial charge in [-0.1, -0.05) is 13.8 Å². The summed E-state index contributed by atoms with van der Waals surface area (Å²) in [7, 11) is 0. The van der Waals surface area contributed by atoms with Gasteiger partial charge >= 0.3 is 0 Å². The largest absolute Gasteiger partial charge is 0.353 e. The maximum absolute atomic E-state index is 12.5. The molecule has 0 aromatic carbocycles. The van der Waals surface area contributed by atoms with E-state index in [-0.39, 0.29) is 23.9 Å². The third-order valence-corrected chi connectivity index (χ3v) is 4.61. The normalized spacial score (nSPS) is 27.4. The van der Waals surface area contributed by atoms with E-state index >= 15 is 0 Å². The highest BCUT2D eigenvalue weighted by Crippen LogP contribution is 2.19. The molecule has 2 saturated heterocycles. The summed E-state index contributed by atoms with van der Waals surface area (Å²) in [6.45, 7) is 6.71. The average Bonchev–Trinajstić information content (AvgIpc) is 2.47. The fourth-order valence-electron chi connectivity index (χ4n) is 3.29. The Kier molecular flexibility index (Phi) is 6.03. The quantitative estimate of drug-likeness (QED) is 0.821. The Morgan fingerprint density at radius 3 is 2.57 bits per heavy atom. The van der Waals surface area contributed by atoms with Crippen molar-refractivity contribution >= 4 is 11.8 Å². The molecule has 5 nitrogen and oxygen atoms in total. The lowest BCUT2D eigenvalue weighted by Crippen LogP contribution is -2.53. The minimum absolute atomic E-state index is 0.0000162. The molecule has 2 amide bonds. The number of rotatable bonds is 4. The van der Waals surface area contributed by atoms with E-state index in [1.54, 1.807) is 0 Å². The van der Waals surface area contributed by atoms with Crippen LogP contribution < -0.4 is 10.6 Å². The Bertz CT molecular complexity index is 365. The van der Waals surface area contributed by atoms with Crippen molar-refractivity contribution in [3.05, 3.63) is 0 Å². The van der Waals surface area contributed by atoms with Gasteiger partial charge in [-0.3, -0.25) is 9.59 Å². The number of hydrogen-bond acceptors (Lipinski definition) is 3. The summed E-state index contributed by atoms with van der Waals surface area (Å²) >= 11 is 0. The van der Waals surface area contributed by atoms with E-state index in [2.05, 4.69) is 17.6 Å². The lowest BCUT2D eigenvalue weighted by molar-refractivity contribution is -0.135. The number of hydrogen-bond donors (Lipinski definition) is 2. The van der Waals surface area contributed by atoms with Gasteiger partial charge in [-0.15, -0.1) is 0 Å². The number of likely N-dealkylation sites (tertiary alicyclic amines) is 1. The highest BCUT2D eigenvalue weighted by Gasteiger charge is 2.31. The highest BCUT2D eigenvalue weighted by atomic mass is 16.2. The molecular formula is C16H29N3O2. The zero-order valence-corrected chi connectivity index (χ0v) is 13.4. The number of nitrogens with zero attached hydrogens (tertiary/aromatic N) is 1. The van der Waals surface area contributed by atoms with E-state index in [1.165, 1.54) is 0 Å². The molecule has 0 aliphatic carbocycles. The first-order chi connectivity index (χ1) is 10.1. The summed E-state index contributed by atoms with van der Waals surface area (Å²) in [4.78, 5) is 26.1. The van der Waals surface area contributed by atoms with Crippen LogP contribution in [0.4, 0.5) is 0 Å². The zero-order valence-electron chi connectivity index (χ0n) is 13.4.